The van der Waals surface area contributed by atoms with E-state index in [9.17, 15) is 9.59 Å². The number of nitrogens with zero attached hydrogens (tertiary/aromatic N) is 3. The Morgan fingerprint density at radius 2 is 1.69 bits per heavy atom. The van der Waals surface area contributed by atoms with Crippen LogP contribution in [0.3, 0.4) is 0 Å². The number of urea groups is 1. The molecule has 3 aromatic rings. The molecule has 0 spiro atoms. The van der Waals surface area contributed by atoms with Crippen LogP contribution in [0, 0.1) is 0 Å². The van der Waals surface area contributed by atoms with E-state index in [0.29, 0.717) is 13.1 Å². The van der Waals surface area contributed by atoms with Gasteiger partial charge in [0.2, 0.25) is 5.91 Å². The number of hydrogen-bond acceptors (Lipinski definition) is 2. The molecule has 0 radical (unpaired) electrons. The van der Waals surface area contributed by atoms with Crippen molar-refractivity contribution in [2.24, 2.45) is 0 Å². The van der Waals surface area contributed by atoms with Crippen molar-refractivity contribution in [1.29, 1.82) is 0 Å². The number of anilines is 1. The molecule has 1 aliphatic rings. The predicted molar refractivity (Wildman–Crippen MR) is 140 cm³/mol. The van der Waals surface area contributed by atoms with Gasteiger partial charge in [0, 0.05) is 37.2 Å². The lowest BCUT2D eigenvalue weighted by Gasteiger charge is -2.38. The third kappa shape index (κ3) is 5.59. The summed E-state index contributed by atoms with van der Waals surface area (Å²) in [6, 6.07) is 21.7. The summed E-state index contributed by atoms with van der Waals surface area (Å²) in [6.07, 6.45) is 2.85. The molecule has 1 aliphatic heterocycles. The molecule has 6 heteroatoms. The highest BCUT2D eigenvalue weighted by atomic mass is 16.2. The molecule has 0 aliphatic carbocycles. The first-order valence-corrected chi connectivity index (χ1v) is 12.4. The van der Waals surface area contributed by atoms with Crippen molar-refractivity contribution in [3.63, 3.8) is 0 Å². The number of hydrogen-bond donors (Lipinski definition) is 1. The van der Waals surface area contributed by atoms with Gasteiger partial charge >= 0.3 is 6.03 Å². The minimum absolute atomic E-state index is 0.0426. The molecule has 1 aromatic heterocycles. The van der Waals surface area contributed by atoms with Crippen molar-refractivity contribution in [3.05, 3.63) is 89.7 Å². The summed E-state index contributed by atoms with van der Waals surface area (Å²) < 4.78 is 2.22. The lowest BCUT2D eigenvalue weighted by Crippen LogP contribution is -2.48. The maximum Gasteiger partial charge on any atom is 0.322 e. The first kappa shape index (κ1) is 24.6. The van der Waals surface area contributed by atoms with Gasteiger partial charge in [-0.3, -0.25) is 4.79 Å². The fourth-order valence-electron chi connectivity index (χ4n) is 4.67. The fourth-order valence-corrected chi connectivity index (χ4v) is 4.67. The molecule has 0 saturated heterocycles. The van der Waals surface area contributed by atoms with Gasteiger partial charge in [-0.25, -0.2) is 4.79 Å². The van der Waals surface area contributed by atoms with E-state index >= 15 is 0 Å². The molecular weight excluding hydrogens is 436 g/mol. The lowest BCUT2D eigenvalue weighted by molar-refractivity contribution is -0.134. The monoisotopic (exact) mass is 472 g/mol. The van der Waals surface area contributed by atoms with Crippen LogP contribution in [0.2, 0.25) is 0 Å². The number of nitrogens with one attached hydrogen (secondary N) is 1. The minimum atomic E-state index is -0.252. The summed E-state index contributed by atoms with van der Waals surface area (Å²) in [4.78, 5) is 30.2. The molecule has 2 heterocycles. The molecule has 35 heavy (non-hydrogen) atoms. The van der Waals surface area contributed by atoms with Gasteiger partial charge in [0.15, 0.2) is 0 Å². The van der Waals surface area contributed by atoms with E-state index in [4.69, 9.17) is 0 Å². The Morgan fingerprint density at radius 1 is 0.971 bits per heavy atom. The van der Waals surface area contributed by atoms with E-state index in [1.165, 1.54) is 5.56 Å². The highest BCUT2D eigenvalue weighted by Gasteiger charge is 2.33. The van der Waals surface area contributed by atoms with Gasteiger partial charge in [-0.2, -0.15) is 0 Å². The third-order valence-electron chi connectivity index (χ3n) is 6.58. The van der Waals surface area contributed by atoms with E-state index in [2.05, 4.69) is 67.2 Å². The standard InChI is InChI=1S/C29H36N4O2/c1-5-17-32(28(35)30-24-10-7-6-8-11-24)21-26(34)33-20-19-31-18-9-12-25(31)27(33)22-13-15-23(16-14-22)29(2,3)4/h6-16,18,27H,5,17,19-21H2,1-4H3,(H,30,35). The van der Waals surface area contributed by atoms with Crippen LogP contribution in [0.4, 0.5) is 10.5 Å². The second-order valence-corrected chi connectivity index (χ2v) is 10.2. The molecule has 0 saturated carbocycles. The third-order valence-corrected chi connectivity index (χ3v) is 6.58. The number of aromatic nitrogens is 1. The van der Waals surface area contributed by atoms with Crippen LogP contribution in [-0.4, -0.2) is 45.9 Å². The van der Waals surface area contributed by atoms with Crippen LogP contribution in [0.15, 0.2) is 72.9 Å². The minimum Gasteiger partial charge on any atom is -0.348 e. The largest absolute Gasteiger partial charge is 0.348 e. The molecule has 1 atom stereocenters. The van der Waals surface area contributed by atoms with Gasteiger partial charge in [-0.1, -0.05) is 70.2 Å². The van der Waals surface area contributed by atoms with Crippen molar-refractivity contribution < 1.29 is 9.59 Å². The Balaban J connectivity index is 1.57. The summed E-state index contributed by atoms with van der Waals surface area (Å²) in [6.45, 7) is 10.5. The van der Waals surface area contributed by atoms with Crippen molar-refractivity contribution in [2.45, 2.75) is 52.1 Å². The summed E-state index contributed by atoms with van der Waals surface area (Å²) in [5, 5.41) is 2.92. The second kappa shape index (κ2) is 10.4. The zero-order valence-corrected chi connectivity index (χ0v) is 21.2. The van der Waals surface area contributed by atoms with E-state index in [1.54, 1.807) is 4.90 Å². The Labute approximate surface area is 208 Å². The van der Waals surface area contributed by atoms with Crippen LogP contribution < -0.4 is 5.32 Å². The molecule has 2 aromatic carbocycles. The first-order valence-electron chi connectivity index (χ1n) is 12.4. The molecule has 1 N–H and O–H groups in total. The maximum atomic E-state index is 13.7. The number of carbonyl (C=O) groups is 2. The number of fused-ring (bicyclic) bond motifs is 1. The van der Waals surface area contributed by atoms with Crippen LogP contribution in [0.1, 0.15) is 57.0 Å². The SMILES string of the molecule is CCCN(CC(=O)N1CCn2cccc2C1c1ccc(C(C)(C)C)cc1)C(=O)Nc1ccccc1. The zero-order chi connectivity index (χ0) is 25.0. The number of amides is 3. The zero-order valence-electron chi connectivity index (χ0n) is 21.2. The number of rotatable bonds is 6. The van der Waals surface area contributed by atoms with Gasteiger partial charge in [-0.15, -0.1) is 0 Å². The molecule has 184 valence electrons. The lowest BCUT2D eigenvalue weighted by atomic mass is 9.86. The van der Waals surface area contributed by atoms with Crippen molar-refractivity contribution in [3.8, 4) is 0 Å². The summed E-state index contributed by atoms with van der Waals surface area (Å²) in [7, 11) is 0. The molecule has 1 unspecified atom stereocenters. The highest BCUT2D eigenvalue weighted by Crippen LogP contribution is 2.34. The topological polar surface area (TPSA) is 57.6 Å². The fraction of sp³-hybridized carbons (Fsp3) is 0.379. The average Bonchev–Trinajstić information content (AvgIpc) is 3.32. The van der Waals surface area contributed by atoms with Crippen LogP contribution in [0.25, 0.3) is 0 Å². The molecular formula is C29H36N4O2. The molecule has 0 bridgehead atoms. The molecule has 4 rings (SSSR count). The maximum absolute atomic E-state index is 13.7. The predicted octanol–water partition coefficient (Wildman–Crippen LogP) is 5.66. The Hall–Kier alpha value is -3.54. The van der Waals surface area contributed by atoms with Crippen molar-refractivity contribution in [1.82, 2.24) is 14.4 Å². The average molecular weight is 473 g/mol. The normalized spacial score (nSPS) is 15.4. The Morgan fingerprint density at radius 3 is 2.34 bits per heavy atom. The van der Waals surface area contributed by atoms with E-state index in [-0.39, 0.29) is 29.9 Å². The van der Waals surface area contributed by atoms with Crippen LogP contribution in [-0.2, 0) is 16.8 Å². The van der Waals surface area contributed by atoms with Gasteiger partial charge < -0.3 is 19.7 Å². The van der Waals surface area contributed by atoms with Crippen LogP contribution >= 0.6 is 0 Å². The van der Waals surface area contributed by atoms with E-state index in [1.807, 2.05) is 48.2 Å². The Kier molecular flexibility index (Phi) is 7.29. The highest BCUT2D eigenvalue weighted by molar-refractivity contribution is 5.92. The van der Waals surface area contributed by atoms with Gasteiger partial charge in [0.25, 0.3) is 0 Å². The van der Waals surface area contributed by atoms with Crippen molar-refractivity contribution in [2.75, 3.05) is 25.0 Å². The second-order valence-electron chi connectivity index (χ2n) is 10.2. The first-order chi connectivity index (χ1) is 16.8. The van der Waals surface area contributed by atoms with E-state index in [0.717, 1.165) is 29.9 Å². The smallest absolute Gasteiger partial charge is 0.322 e. The summed E-state index contributed by atoms with van der Waals surface area (Å²) >= 11 is 0. The quantitative estimate of drug-likeness (QED) is 0.503. The molecule has 0 fully saturated rings. The van der Waals surface area contributed by atoms with Gasteiger partial charge in [0.1, 0.15) is 6.54 Å². The summed E-state index contributed by atoms with van der Waals surface area (Å²) in [5.41, 5.74) is 4.23. The van der Waals surface area contributed by atoms with Gasteiger partial charge in [-0.05, 0) is 47.2 Å². The number of carbonyl (C=O) groups excluding carboxylic acids is 2. The summed E-state index contributed by atoms with van der Waals surface area (Å²) in [5.74, 6) is -0.0426. The molecule has 6 nitrogen and oxygen atoms in total. The van der Waals surface area contributed by atoms with Gasteiger partial charge in [0.05, 0.1) is 6.04 Å². The Bertz CT molecular complexity index is 1150. The number of para-hydroxylation sites is 1. The molecule has 3 amide bonds. The van der Waals surface area contributed by atoms with E-state index < -0.39 is 0 Å². The van der Waals surface area contributed by atoms with Crippen molar-refractivity contribution >= 4 is 17.6 Å². The van der Waals surface area contributed by atoms with Crippen LogP contribution in [0.5, 0.6) is 0 Å². The number of benzene rings is 2.